The minimum Gasteiger partial charge on any atom is -0.481 e. The van der Waals surface area contributed by atoms with Crippen LogP contribution in [0.2, 0.25) is 0 Å². The molecule has 1 unspecified atom stereocenters. The third-order valence-electron chi connectivity index (χ3n) is 4.62. The van der Waals surface area contributed by atoms with Gasteiger partial charge >= 0.3 is 0 Å². The molecular formula is C24H26N2O4. The maximum Gasteiger partial charge on any atom is 0.265 e. The Morgan fingerprint density at radius 3 is 2.43 bits per heavy atom. The lowest BCUT2D eigenvalue weighted by molar-refractivity contribution is -0.122. The summed E-state index contributed by atoms with van der Waals surface area (Å²) in [4.78, 5) is 24.8. The summed E-state index contributed by atoms with van der Waals surface area (Å²) in [6, 6.07) is 18.0. The van der Waals surface area contributed by atoms with Crippen LogP contribution in [-0.2, 0) is 11.3 Å². The van der Waals surface area contributed by atoms with Crippen molar-refractivity contribution < 1.29 is 18.7 Å². The first-order valence-electron chi connectivity index (χ1n) is 9.90. The molecule has 2 aromatic carbocycles. The molecule has 3 aromatic rings. The molecule has 2 N–H and O–H groups in total. The Labute approximate surface area is 176 Å². The van der Waals surface area contributed by atoms with Gasteiger partial charge in [0, 0.05) is 11.3 Å². The number of carbonyl (C=O) groups excluding carboxylic acids is 2. The lowest BCUT2D eigenvalue weighted by Crippen LogP contribution is -2.30. The molecular weight excluding hydrogens is 380 g/mol. The Bertz CT molecular complexity index is 979. The molecule has 0 aliphatic rings. The molecule has 0 saturated carbocycles. The van der Waals surface area contributed by atoms with Crippen LogP contribution in [0.4, 0.5) is 5.69 Å². The van der Waals surface area contributed by atoms with Crippen molar-refractivity contribution in [2.75, 3.05) is 5.32 Å². The molecule has 1 heterocycles. The summed E-state index contributed by atoms with van der Waals surface area (Å²) in [7, 11) is 0. The Hall–Kier alpha value is -3.54. The number of nitrogens with one attached hydrogen (secondary N) is 2. The lowest BCUT2D eigenvalue weighted by atomic mass is 10.0. The molecule has 1 aromatic heterocycles. The van der Waals surface area contributed by atoms with Crippen LogP contribution in [0.15, 0.2) is 71.3 Å². The number of amides is 2. The zero-order valence-corrected chi connectivity index (χ0v) is 17.3. The molecule has 6 nitrogen and oxygen atoms in total. The van der Waals surface area contributed by atoms with Gasteiger partial charge in [0.15, 0.2) is 6.10 Å². The largest absolute Gasteiger partial charge is 0.481 e. The molecule has 0 saturated heterocycles. The highest BCUT2D eigenvalue weighted by Crippen LogP contribution is 2.20. The second kappa shape index (κ2) is 9.78. The summed E-state index contributed by atoms with van der Waals surface area (Å²) in [6.07, 6.45) is 0.867. The number of hydrogen-bond acceptors (Lipinski definition) is 4. The summed E-state index contributed by atoms with van der Waals surface area (Å²) in [6.45, 7) is 6.23. The molecule has 1 atom stereocenters. The van der Waals surface area contributed by atoms with Gasteiger partial charge in [0.25, 0.3) is 11.8 Å². The number of anilines is 1. The van der Waals surface area contributed by atoms with E-state index in [2.05, 4.69) is 24.5 Å². The normalized spacial score (nSPS) is 11.7. The molecule has 0 aliphatic heterocycles. The van der Waals surface area contributed by atoms with Gasteiger partial charge in [0.05, 0.1) is 12.8 Å². The van der Waals surface area contributed by atoms with Crippen LogP contribution in [0.3, 0.4) is 0 Å². The summed E-state index contributed by atoms with van der Waals surface area (Å²) in [5.74, 6) is 1.18. The summed E-state index contributed by atoms with van der Waals surface area (Å²) >= 11 is 0. The van der Waals surface area contributed by atoms with Crippen molar-refractivity contribution in [3.8, 4) is 5.75 Å². The third-order valence-corrected chi connectivity index (χ3v) is 4.62. The topological polar surface area (TPSA) is 80.6 Å². The van der Waals surface area contributed by atoms with Crippen molar-refractivity contribution in [1.82, 2.24) is 5.32 Å². The monoisotopic (exact) mass is 406 g/mol. The average molecular weight is 406 g/mol. The highest BCUT2D eigenvalue weighted by Gasteiger charge is 2.16. The maximum atomic E-state index is 12.5. The van der Waals surface area contributed by atoms with Gasteiger partial charge in [0.1, 0.15) is 11.5 Å². The van der Waals surface area contributed by atoms with Crippen molar-refractivity contribution in [2.24, 2.45) is 0 Å². The molecule has 6 heteroatoms. The number of furan rings is 1. The smallest absolute Gasteiger partial charge is 0.265 e. The van der Waals surface area contributed by atoms with E-state index in [0.29, 0.717) is 35.2 Å². The first-order valence-corrected chi connectivity index (χ1v) is 9.90. The van der Waals surface area contributed by atoms with Gasteiger partial charge < -0.3 is 19.8 Å². The average Bonchev–Trinajstić information content (AvgIpc) is 3.26. The van der Waals surface area contributed by atoms with E-state index in [1.807, 2.05) is 24.3 Å². The quantitative estimate of drug-likeness (QED) is 0.566. The standard InChI is InChI=1S/C24H26N2O4/c1-16(2)18-9-11-21(12-10-18)30-17(3)23(27)26-20-7-4-6-19(14-20)24(28)25-15-22-8-5-13-29-22/h4-14,16-17H,15H2,1-3H3,(H,25,28)(H,26,27). The van der Waals surface area contributed by atoms with Gasteiger partial charge in [-0.25, -0.2) is 0 Å². The fraction of sp³-hybridized carbons (Fsp3) is 0.250. The Morgan fingerprint density at radius 2 is 1.77 bits per heavy atom. The fourth-order valence-corrected chi connectivity index (χ4v) is 2.85. The van der Waals surface area contributed by atoms with Crippen molar-refractivity contribution in [2.45, 2.75) is 39.3 Å². The highest BCUT2D eigenvalue weighted by atomic mass is 16.5. The predicted octanol–water partition coefficient (Wildman–Crippen LogP) is 4.74. The third kappa shape index (κ3) is 5.73. The molecule has 30 heavy (non-hydrogen) atoms. The lowest BCUT2D eigenvalue weighted by Gasteiger charge is -2.16. The second-order valence-corrected chi connectivity index (χ2v) is 7.32. The Balaban J connectivity index is 1.56. The van der Waals surface area contributed by atoms with Crippen LogP contribution in [0, 0.1) is 0 Å². The fourth-order valence-electron chi connectivity index (χ4n) is 2.85. The van der Waals surface area contributed by atoms with Gasteiger partial charge in [-0.1, -0.05) is 32.0 Å². The van der Waals surface area contributed by atoms with Crippen LogP contribution >= 0.6 is 0 Å². The Morgan fingerprint density at radius 1 is 1.00 bits per heavy atom. The van der Waals surface area contributed by atoms with Crippen LogP contribution < -0.4 is 15.4 Å². The Kier molecular flexibility index (Phi) is 6.91. The molecule has 2 amide bonds. The molecule has 0 bridgehead atoms. The second-order valence-electron chi connectivity index (χ2n) is 7.32. The van der Waals surface area contributed by atoms with Gasteiger partial charge in [-0.3, -0.25) is 9.59 Å². The first-order chi connectivity index (χ1) is 14.4. The van der Waals surface area contributed by atoms with Crippen molar-refractivity contribution in [3.05, 3.63) is 83.8 Å². The van der Waals surface area contributed by atoms with E-state index in [9.17, 15) is 9.59 Å². The van der Waals surface area contributed by atoms with E-state index < -0.39 is 6.10 Å². The van der Waals surface area contributed by atoms with Gasteiger partial charge in [0.2, 0.25) is 0 Å². The number of rotatable bonds is 8. The zero-order chi connectivity index (χ0) is 21.5. The van der Waals surface area contributed by atoms with E-state index >= 15 is 0 Å². The first kappa shape index (κ1) is 21.2. The number of benzene rings is 2. The summed E-state index contributed by atoms with van der Waals surface area (Å²) in [5.41, 5.74) is 2.18. The van der Waals surface area contributed by atoms with E-state index in [-0.39, 0.29) is 11.8 Å². The highest BCUT2D eigenvalue weighted by molar-refractivity contribution is 5.98. The molecule has 3 rings (SSSR count). The summed E-state index contributed by atoms with van der Waals surface area (Å²) < 4.78 is 10.9. The van der Waals surface area contributed by atoms with Crippen LogP contribution in [-0.4, -0.2) is 17.9 Å². The minimum absolute atomic E-state index is 0.253. The SMILES string of the molecule is CC(Oc1ccc(C(C)C)cc1)C(=O)Nc1cccc(C(=O)NCc2ccco2)c1. The molecule has 0 spiro atoms. The van der Waals surface area contributed by atoms with Crippen molar-refractivity contribution in [3.63, 3.8) is 0 Å². The van der Waals surface area contributed by atoms with Crippen molar-refractivity contribution in [1.29, 1.82) is 0 Å². The van der Waals surface area contributed by atoms with Gasteiger partial charge in [-0.2, -0.15) is 0 Å². The number of hydrogen-bond donors (Lipinski definition) is 2. The van der Waals surface area contributed by atoms with Crippen LogP contribution in [0.5, 0.6) is 5.75 Å². The predicted molar refractivity (Wildman–Crippen MR) is 116 cm³/mol. The van der Waals surface area contributed by atoms with Crippen LogP contribution in [0.1, 0.15) is 48.4 Å². The zero-order valence-electron chi connectivity index (χ0n) is 17.3. The van der Waals surface area contributed by atoms with E-state index in [4.69, 9.17) is 9.15 Å². The summed E-state index contributed by atoms with van der Waals surface area (Å²) in [5, 5.41) is 5.57. The van der Waals surface area contributed by atoms with Crippen LogP contribution in [0.25, 0.3) is 0 Å². The molecule has 0 aliphatic carbocycles. The molecule has 0 fully saturated rings. The molecule has 156 valence electrons. The van der Waals surface area contributed by atoms with E-state index in [1.165, 1.54) is 5.56 Å². The van der Waals surface area contributed by atoms with Crippen molar-refractivity contribution >= 4 is 17.5 Å². The minimum atomic E-state index is -0.689. The van der Waals surface area contributed by atoms with Gasteiger partial charge in [-0.15, -0.1) is 0 Å². The van der Waals surface area contributed by atoms with Gasteiger partial charge in [-0.05, 0) is 60.9 Å². The maximum absolute atomic E-state index is 12.5. The van der Waals surface area contributed by atoms with E-state index in [1.54, 1.807) is 49.6 Å². The van der Waals surface area contributed by atoms with E-state index in [0.717, 1.165) is 0 Å². The molecule has 0 radical (unpaired) electrons. The number of ether oxygens (including phenoxy) is 1. The number of carbonyl (C=O) groups is 2.